The molecule has 3 amide bonds. The summed E-state index contributed by atoms with van der Waals surface area (Å²) in [7, 11) is 1.55. The fraction of sp³-hybridized carbons (Fsp3) is 0.200. The maximum Gasteiger partial charge on any atom is 0.323 e. The molecule has 2 aliphatic rings. The molecular formula is C25H21F2N3O3S. The first-order valence-electron chi connectivity index (χ1n) is 10.7. The van der Waals surface area contributed by atoms with E-state index in [0.29, 0.717) is 40.5 Å². The summed E-state index contributed by atoms with van der Waals surface area (Å²) in [5.41, 5.74) is 2.06. The molecule has 0 radical (unpaired) electrons. The molecule has 1 N–H and O–H groups in total. The van der Waals surface area contributed by atoms with Crippen LogP contribution in [0.1, 0.15) is 11.1 Å². The Morgan fingerprint density at radius 3 is 2.59 bits per heavy atom. The number of hydrogen-bond acceptors (Lipinski definition) is 4. The number of hydrogen-bond donors (Lipinski definition) is 1. The molecule has 0 unspecified atom stereocenters. The highest BCUT2D eigenvalue weighted by atomic mass is 32.2. The van der Waals surface area contributed by atoms with E-state index < -0.39 is 22.5 Å². The molecule has 2 aliphatic heterocycles. The Bertz CT molecular complexity index is 1270. The summed E-state index contributed by atoms with van der Waals surface area (Å²) in [5.74, 6) is -0.110. The van der Waals surface area contributed by atoms with Gasteiger partial charge in [-0.1, -0.05) is 12.1 Å². The van der Waals surface area contributed by atoms with Gasteiger partial charge in [0.25, 0.3) is 5.91 Å². The molecule has 1 spiro atoms. The van der Waals surface area contributed by atoms with Crippen LogP contribution in [-0.2, 0) is 16.2 Å². The lowest BCUT2D eigenvalue weighted by Crippen LogP contribution is -2.51. The van der Waals surface area contributed by atoms with Crippen LogP contribution in [0.25, 0.3) is 0 Å². The Balaban J connectivity index is 1.50. The summed E-state index contributed by atoms with van der Waals surface area (Å²) in [6, 6.07) is 16.5. The van der Waals surface area contributed by atoms with Crippen LogP contribution in [0.15, 0.2) is 66.7 Å². The first-order chi connectivity index (χ1) is 16.4. The van der Waals surface area contributed by atoms with Gasteiger partial charge in [-0.15, -0.1) is 11.8 Å². The Hall–Kier alpha value is -3.59. The zero-order valence-corrected chi connectivity index (χ0v) is 19.1. The lowest BCUT2D eigenvalue weighted by atomic mass is 10.1. The molecule has 1 saturated heterocycles. The van der Waals surface area contributed by atoms with E-state index in [1.165, 1.54) is 51.9 Å². The van der Waals surface area contributed by atoms with Gasteiger partial charge in [-0.05, 0) is 60.2 Å². The number of amides is 3. The minimum Gasteiger partial charge on any atom is -0.497 e. The Morgan fingerprint density at radius 2 is 1.85 bits per heavy atom. The van der Waals surface area contributed by atoms with Gasteiger partial charge < -0.3 is 15.0 Å². The standard InChI is InChI=1S/C25H21F2N3O3S/c1-33-20-8-6-19(7-9-20)28-24(32)30-11-12-34-25(30)21-14-18(27)5-10-22(21)29(23(25)31)15-16-3-2-4-17(26)13-16/h2-10,13-14H,11-12,15H2,1H3,(H,28,32)/t25-/m1/s1. The van der Waals surface area contributed by atoms with E-state index in [2.05, 4.69) is 5.32 Å². The second-order valence-corrected chi connectivity index (χ2v) is 9.27. The molecule has 6 nitrogen and oxygen atoms in total. The van der Waals surface area contributed by atoms with Gasteiger partial charge in [0.15, 0.2) is 4.87 Å². The van der Waals surface area contributed by atoms with E-state index >= 15 is 0 Å². The number of nitrogens with one attached hydrogen (secondary N) is 1. The van der Waals surface area contributed by atoms with Crippen LogP contribution in [0.5, 0.6) is 5.75 Å². The number of anilines is 2. The van der Waals surface area contributed by atoms with Crippen LogP contribution in [-0.4, -0.2) is 36.2 Å². The number of nitrogens with zero attached hydrogens (tertiary/aromatic N) is 2. The van der Waals surface area contributed by atoms with Crippen molar-refractivity contribution in [3.05, 3.63) is 89.5 Å². The average Bonchev–Trinajstić information content (AvgIpc) is 3.37. The molecule has 3 aromatic carbocycles. The molecule has 0 aliphatic carbocycles. The molecule has 2 heterocycles. The van der Waals surface area contributed by atoms with Crippen molar-refractivity contribution in [3.8, 4) is 5.75 Å². The first-order valence-corrected chi connectivity index (χ1v) is 11.6. The van der Waals surface area contributed by atoms with Gasteiger partial charge >= 0.3 is 6.03 Å². The number of rotatable bonds is 4. The number of carbonyl (C=O) groups excluding carboxylic acids is 2. The zero-order valence-electron chi connectivity index (χ0n) is 18.3. The number of ether oxygens (including phenoxy) is 1. The van der Waals surface area contributed by atoms with E-state index in [-0.39, 0.29) is 12.5 Å². The average molecular weight is 482 g/mol. The third-order valence-corrected chi connectivity index (χ3v) is 7.39. The van der Waals surface area contributed by atoms with Crippen LogP contribution in [0, 0.1) is 11.6 Å². The summed E-state index contributed by atoms with van der Waals surface area (Å²) < 4.78 is 33.3. The molecule has 5 rings (SSSR count). The molecule has 1 atom stereocenters. The van der Waals surface area contributed by atoms with Crippen molar-refractivity contribution in [2.75, 3.05) is 29.6 Å². The Kier molecular flexibility index (Phi) is 5.65. The van der Waals surface area contributed by atoms with Gasteiger partial charge in [-0.25, -0.2) is 13.6 Å². The fourth-order valence-electron chi connectivity index (χ4n) is 4.43. The van der Waals surface area contributed by atoms with Crippen molar-refractivity contribution in [2.24, 2.45) is 0 Å². The fourth-order valence-corrected chi connectivity index (χ4v) is 5.88. The monoisotopic (exact) mass is 481 g/mol. The topological polar surface area (TPSA) is 61.9 Å². The van der Waals surface area contributed by atoms with Crippen molar-refractivity contribution in [3.63, 3.8) is 0 Å². The van der Waals surface area contributed by atoms with Gasteiger partial charge in [0.2, 0.25) is 0 Å². The van der Waals surface area contributed by atoms with Crippen LogP contribution < -0.4 is 15.0 Å². The first kappa shape index (κ1) is 22.2. The van der Waals surface area contributed by atoms with E-state index in [4.69, 9.17) is 4.74 Å². The molecule has 9 heteroatoms. The molecule has 34 heavy (non-hydrogen) atoms. The van der Waals surface area contributed by atoms with Crippen LogP contribution in [0.3, 0.4) is 0 Å². The second-order valence-electron chi connectivity index (χ2n) is 7.99. The lowest BCUT2D eigenvalue weighted by molar-refractivity contribution is -0.123. The number of carbonyl (C=O) groups is 2. The van der Waals surface area contributed by atoms with Gasteiger partial charge in [0, 0.05) is 23.5 Å². The van der Waals surface area contributed by atoms with Crippen molar-refractivity contribution in [2.45, 2.75) is 11.4 Å². The minimum absolute atomic E-state index is 0.103. The van der Waals surface area contributed by atoms with E-state index in [1.54, 1.807) is 43.5 Å². The van der Waals surface area contributed by atoms with Crippen LogP contribution in [0.2, 0.25) is 0 Å². The summed E-state index contributed by atoms with van der Waals surface area (Å²) >= 11 is 1.30. The number of benzene rings is 3. The summed E-state index contributed by atoms with van der Waals surface area (Å²) in [6.45, 7) is 0.410. The number of halogens is 2. The predicted octanol–water partition coefficient (Wildman–Crippen LogP) is 4.95. The summed E-state index contributed by atoms with van der Waals surface area (Å²) in [6.07, 6.45) is 0. The molecule has 0 aromatic heterocycles. The van der Waals surface area contributed by atoms with E-state index in [0.717, 1.165) is 0 Å². The maximum absolute atomic E-state index is 14.4. The molecule has 3 aromatic rings. The van der Waals surface area contributed by atoms with Gasteiger partial charge in [0.05, 0.1) is 19.3 Å². The highest BCUT2D eigenvalue weighted by Gasteiger charge is 2.59. The quantitative estimate of drug-likeness (QED) is 0.573. The zero-order chi connectivity index (χ0) is 23.9. The van der Waals surface area contributed by atoms with Crippen LogP contribution in [0.4, 0.5) is 25.0 Å². The third kappa shape index (κ3) is 3.66. The van der Waals surface area contributed by atoms with Crippen molar-refractivity contribution in [1.29, 1.82) is 0 Å². The van der Waals surface area contributed by atoms with Gasteiger partial charge in [0.1, 0.15) is 17.4 Å². The highest BCUT2D eigenvalue weighted by Crippen LogP contribution is 2.54. The van der Waals surface area contributed by atoms with Gasteiger partial charge in [-0.3, -0.25) is 9.69 Å². The predicted molar refractivity (Wildman–Crippen MR) is 127 cm³/mol. The molecular weight excluding hydrogens is 460 g/mol. The SMILES string of the molecule is COc1ccc(NC(=O)N2CCS[C@]23C(=O)N(Cc2cccc(F)c2)c2ccc(F)cc23)cc1. The van der Waals surface area contributed by atoms with Gasteiger partial charge in [-0.2, -0.15) is 0 Å². The third-order valence-electron chi connectivity index (χ3n) is 5.97. The smallest absolute Gasteiger partial charge is 0.323 e. The molecule has 174 valence electrons. The summed E-state index contributed by atoms with van der Waals surface area (Å²) in [4.78, 5) is 28.8. The number of methoxy groups -OCH3 is 1. The van der Waals surface area contributed by atoms with E-state index in [9.17, 15) is 18.4 Å². The van der Waals surface area contributed by atoms with E-state index in [1.807, 2.05) is 0 Å². The number of fused-ring (bicyclic) bond motifs is 2. The van der Waals surface area contributed by atoms with Crippen LogP contribution >= 0.6 is 11.8 Å². The molecule has 1 fully saturated rings. The number of thioether (sulfide) groups is 1. The maximum atomic E-state index is 14.4. The summed E-state index contributed by atoms with van der Waals surface area (Å²) in [5, 5.41) is 2.83. The largest absolute Gasteiger partial charge is 0.497 e. The van der Waals surface area contributed by atoms with Crippen molar-refractivity contribution >= 4 is 35.1 Å². The normalized spacial score (nSPS) is 19.0. The molecule has 0 saturated carbocycles. The molecule has 0 bridgehead atoms. The van der Waals surface area contributed by atoms with Crippen molar-refractivity contribution in [1.82, 2.24) is 4.90 Å². The Labute approximate surface area is 199 Å². The van der Waals surface area contributed by atoms with Crippen molar-refractivity contribution < 1.29 is 23.1 Å². The minimum atomic E-state index is -1.40. The lowest BCUT2D eigenvalue weighted by Gasteiger charge is -2.33. The Morgan fingerprint density at radius 1 is 1.09 bits per heavy atom. The highest BCUT2D eigenvalue weighted by molar-refractivity contribution is 8.01. The second kappa shape index (κ2) is 8.64. The number of urea groups is 1.